The molecule has 1 aromatic carbocycles. The highest BCUT2D eigenvalue weighted by Gasteiger charge is 1.92. The van der Waals surface area contributed by atoms with Crippen LogP contribution < -0.4 is 10.6 Å². The molecule has 0 radical (unpaired) electrons. The van der Waals surface area contributed by atoms with Gasteiger partial charge in [0.15, 0.2) is 0 Å². The Bertz CT molecular complexity index is 318. The van der Waals surface area contributed by atoms with Crippen LogP contribution in [0.1, 0.15) is 24.5 Å². The fourth-order valence-corrected chi connectivity index (χ4v) is 1.52. The quantitative estimate of drug-likeness (QED) is 0.687. The molecule has 0 heterocycles. The van der Waals surface area contributed by atoms with E-state index in [9.17, 15) is 0 Å². The van der Waals surface area contributed by atoms with Crippen molar-refractivity contribution in [3.05, 3.63) is 41.5 Å². The minimum absolute atomic E-state index is 0.953. The molecule has 0 fully saturated rings. The van der Waals surface area contributed by atoms with Crippen molar-refractivity contribution in [1.29, 1.82) is 0 Å². The predicted octanol–water partition coefficient (Wildman–Crippen LogP) is 2.42. The van der Waals surface area contributed by atoms with Gasteiger partial charge in [-0.05, 0) is 37.7 Å². The Hall–Kier alpha value is -1.12. The molecule has 0 unspecified atom stereocenters. The molecule has 2 heteroatoms. The van der Waals surface area contributed by atoms with Gasteiger partial charge in [-0.1, -0.05) is 43.3 Å². The van der Waals surface area contributed by atoms with Crippen molar-refractivity contribution in [3.8, 4) is 0 Å². The Morgan fingerprint density at radius 2 is 2.19 bits per heavy atom. The zero-order valence-corrected chi connectivity index (χ0v) is 10.3. The van der Waals surface area contributed by atoms with Crippen LogP contribution in [0.5, 0.6) is 0 Å². The molecule has 0 saturated heterocycles. The van der Waals surface area contributed by atoms with E-state index in [1.54, 1.807) is 0 Å². The average molecular weight is 218 g/mol. The van der Waals surface area contributed by atoms with Gasteiger partial charge in [-0.25, -0.2) is 0 Å². The topological polar surface area (TPSA) is 24.1 Å². The first-order valence-corrected chi connectivity index (χ1v) is 5.97. The van der Waals surface area contributed by atoms with Crippen LogP contribution in [-0.4, -0.2) is 20.1 Å². The molecule has 0 bridgehead atoms. The SMILES string of the molecule is CCNCc1cccc(C=CCCNC)c1. The summed E-state index contributed by atoms with van der Waals surface area (Å²) in [5, 5.41) is 6.47. The minimum Gasteiger partial charge on any atom is -0.319 e. The van der Waals surface area contributed by atoms with Gasteiger partial charge < -0.3 is 10.6 Å². The van der Waals surface area contributed by atoms with E-state index in [-0.39, 0.29) is 0 Å². The summed E-state index contributed by atoms with van der Waals surface area (Å²) in [7, 11) is 1.98. The molecule has 2 N–H and O–H groups in total. The summed E-state index contributed by atoms with van der Waals surface area (Å²) in [4.78, 5) is 0. The van der Waals surface area contributed by atoms with E-state index < -0.39 is 0 Å². The lowest BCUT2D eigenvalue weighted by Gasteiger charge is -2.03. The highest BCUT2D eigenvalue weighted by molar-refractivity contribution is 5.50. The molecule has 0 aliphatic heterocycles. The van der Waals surface area contributed by atoms with Gasteiger partial charge in [0.05, 0.1) is 0 Å². The molecule has 0 aliphatic carbocycles. The van der Waals surface area contributed by atoms with Crippen molar-refractivity contribution in [2.24, 2.45) is 0 Å². The van der Waals surface area contributed by atoms with Crippen molar-refractivity contribution in [2.75, 3.05) is 20.1 Å². The van der Waals surface area contributed by atoms with Crippen molar-refractivity contribution in [3.63, 3.8) is 0 Å². The molecule has 0 aliphatic rings. The van der Waals surface area contributed by atoms with Gasteiger partial charge in [0.1, 0.15) is 0 Å². The highest BCUT2D eigenvalue weighted by atomic mass is 14.8. The van der Waals surface area contributed by atoms with Crippen LogP contribution >= 0.6 is 0 Å². The van der Waals surface area contributed by atoms with Crippen LogP contribution in [0.2, 0.25) is 0 Å². The summed E-state index contributed by atoms with van der Waals surface area (Å²) in [6, 6.07) is 8.65. The van der Waals surface area contributed by atoms with Crippen molar-refractivity contribution in [1.82, 2.24) is 10.6 Å². The van der Waals surface area contributed by atoms with Crippen molar-refractivity contribution < 1.29 is 0 Å². The molecule has 1 aromatic rings. The van der Waals surface area contributed by atoms with E-state index in [1.807, 2.05) is 7.05 Å². The second-order valence-electron chi connectivity index (χ2n) is 3.82. The molecule has 0 atom stereocenters. The molecule has 0 spiro atoms. The molecule has 1 rings (SSSR count). The lowest BCUT2D eigenvalue weighted by molar-refractivity contribution is 0.727. The van der Waals surface area contributed by atoms with Crippen LogP contribution in [0.15, 0.2) is 30.3 Å². The van der Waals surface area contributed by atoms with Crippen LogP contribution in [0.3, 0.4) is 0 Å². The third-order valence-corrected chi connectivity index (χ3v) is 2.40. The maximum Gasteiger partial charge on any atom is 0.0205 e. The summed E-state index contributed by atoms with van der Waals surface area (Å²) in [5.74, 6) is 0. The zero-order valence-electron chi connectivity index (χ0n) is 10.3. The van der Waals surface area contributed by atoms with Gasteiger partial charge in [-0.3, -0.25) is 0 Å². The van der Waals surface area contributed by atoms with Gasteiger partial charge in [0, 0.05) is 6.54 Å². The van der Waals surface area contributed by atoms with E-state index in [4.69, 9.17) is 0 Å². The van der Waals surface area contributed by atoms with Crippen LogP contribution in [-0.2, 0) is 6.54 Å². The Labute approximate surface area is 98.8 Å². The van der Waals surface area contributed by atoms with Gasteiger partial charge in [-0.2, -0.15) is 0 Å². The molecule has 88 valence electrons. The molecule has 0 aromatic heterocycles. The molecule has 16 heavy (non-hydrogen) atoms. The van der Waals surface area contributed by atoms with E-state index in [1.165, 1.54) is 11.1 Å². The van der Waals surface area contributed by atoms with Crippen molar-refractivity contribution >= 4 is 6.08 Å². The number of benzene rings is 1. The van der Waals surface area contributed by atoms with E-state index in [0.717, 1.165) is 26.1 Å². The Balaban J connectivity index is 2.49. The first-order valence-electron chi connectivity index (χ1n) is 5.97. The summed E-state index contributed by atoms with van der Waals surface area (Å²) in [6.07, 6.45) is 5.48. The summed E-state index contributed by atoms with van der Waals surface area (Å²) in [6.45, 7) is 5.13. The summed E-state index contributed by atoms with van der Waals surface area (Å²) >= 11 is 0. The van der Waals surface area contributed by atoms with Gasteiger partial charge in [-0.15, -0.1) is 0 Å². The molecular formula is C14H22N2. The lowest BCUT2D eigenvalue weighted by atomic mass is 10.1. The van der Waals surface area contributed by atoms with E-state index in [0.29, 0.717) is 0 Å². The minimum atomic E-state index is 0.953. The maximum absolute atomic E-state index is 3.33. The first kappa shape index (κ1) is 12.9. The number of hydrogen-bond donors (Lipinski definition) is 2. The van der Waals surface area contributed by atoms with Crippen LogP contribution in [0.25, 0.3) is 6.08 Å². The maximum atomic E-state index is 3.33. The fraction of sp³-hybridized carbons (Fsp3) is 0.429. The largest absolute Gasteiger partial charge is 0.319 e. The molecule has 0 saturated carbocycles. The average Bonchev–Trinajstić information content (AvgIpc) is 2.33. The number of nitrogens with one attached hydrogen (secondary N) is 2. The second kappa shape index (κ2) is 8.08. The Morgan fingerprint density at radius 1 is 1.31 bits per heavy atom. The standard InChI is InChI=1S/C14H22N2/c1-3-16-12-14-9-6-8-13(11-14)7-4-5-10-15-2/h4,6-9,11,15-16H,3,5,10,12H2,1-2H3. The van der Waals surface area contributed by atoms with Gasteiger partial charge in [0.2, 0.25) is 0 Å². The van der Waals surface area contributed by atoms with Crippen LogP contribution in [0, 0.1) is 0 Å². The third-order valence-electron chi connectivity index (χ3n) is 2.40. The Morgan fingerprint density at radius 3 is 2.94 bits per heavy atom. The fourth-order valence-electron chi connectivity index (χ4n) is 1.52. The van der Waals surface area contributed by atoms with Gasteiger partial charge >= 0.3 is 0 Å². The molecule has 0 amide bonds. The van der Waals surface area contributed by atoms with Gasteiger partial charge in [0.25, 0.3) is 0 Å². The first-order chi connectivity index (χ1) is 7.86. The normalized spacial score (nSPS) is 11.1. The van der Waals surface area contributed by atoms with E-state index in [2.05, 4.69) is 54.0 Å². The van der Waals surface area contributed by atoms with Crippen LogP contribution in [0.4, 0.5) is 0 Å². The molecule has 2 nitrogen and oxygen atoms in total. The summed E-state index contributed by atoms with van der Waals surface area (Å²) < 4.78 is 0. The zero-order chi connectivity index (χ0) is 11.6. The highest BCUT2D eigenvalue weighted by Crippen LogP contribution is 2.07. The number of hydrogen-bond acceptors (Lipinski definition) is 2. The third kappa shape index (κ3) is 5.10. The monoisotopic (exact) mass is 218 g/mol. The van der Waals surface area contributed by atoms with E-state index >= 15 is 0 Å². The molecular weight excluding hydrogens is 196 g/mol. The Kier molecular flexibility index (Phi) is 6.54. The summed E-state index contributed by atoms with van der Waals surface area (Å²) in [5.41, 5.74) is 2.63. The second-order valence-corrected chi connectivity index (χ2v) is 3.82. The predicted molar refractivity (Wildman–Crippen MR) is 71.4 cm³/mol. The lowest BCUT2D eigenvalue weighted by Crippen LogP contribution is -2.11. The number of rotatable bonds is 7. The smallest absolute Gasteiger partial charge is 0.0205 e. The van der Waals surface area contributed by atoms with Crippen molar-refractivity contribution in [2.45, 2.75) is 19.9 Å².